The minimum atomic E-state index is -0.968. The van der Waals surface area contributed by atoms with Crippen LogP contribution in [-0.4, -0.2) is 63.3 Å². The van der Waals surface area contributed by atoms with Crippen molar-refractivity contribution < 1.29 is 28.7 Å². The highest BCUT2D eigenvalue weighted by Gasteiger charge is 2.70. The van der Waals surface area contributed by atoms with Gasteiger partial charge in [-0.2, -0.15) is 0 Å². The minimum absolute atomic E-state index is 0.191. The molecule has 0 radical (unpaired) electrons. The van der Waals surface area contributed by atoms with E-state index in [-0.39, 0.29) is 16.5 Å². The van der Waals surface area contributed by atoms with Gasteiger partial charge in [0, 0.05) is 11.2 Å². The third-order valence-electron chi connectivity index (χ3n) is 6.78. The summed E-state index contributed by atoms with van der Waals surface area (Å²) in [6.07, 6.45) is 8.32. The summed E-state index contributed by atoms with van der Waals surface area (Å²) in [4.78, 5) is 24.2. The second-order valence-electron chi connectivity index (χ2n) is 10.2. The van der Waals surface area contributed by atoms with Crippen LogP contribution in [-0.2, 0) is 27.2 Å². The molecule has 11 heteroatoms. The molecule has 7 nitrogen and oxygen atoms in total. The van der Waals surface area contributed by atoms with Gasteiger partial charge in [0.2, 0.25) is 9.67 Å². The van der Waals surface area contributed by atoms with Gasteiger partial charge in [-0.25, -0.2) is 4.79 Å². The highest BCUT2D eigenvalue weighted by Crippen LogP contribution is 2.59. The summed E-state index contributed by atoms with van der Waals surface area (Å²) in [5.74, 6) is 1.20. The van der Waals surface area contributed by atoms with E-state index < -0.39 is 30.8 Å². The van der Waals surface area contributed by atoms with E-state index in [2.05, 4.69) is 13.8 Å². The fraction of sp³-hybridized carbons (Fsp3) is 0.692. The number of benzene rings is 1. The molecule has 0 spiro atoms. The first-order valence-corrected chi connectivity index (χ1v) is 16.5. The zero-order chi connectivity index (χ0) is 27.4. The fourth-order valence-electron chi connectivity index (χ4n) is 4.70. The Labute approximate surface area is 246 Å². The highest BCUT2D eigenvalue weighted by atomic mass is 127. The van der Waals surface area contributed by atoms with E-state index in [1.165, 1.54) is 54.3 Å². The number of fused-ring (bicyclic) bond motifs is 2. The molecule has 2 saturated heterocycles. The van der Waals surface area contributed by atoms with Crippen molar-refractivity contribution in [1.82, 2.24) is 4.90 Å². The predicted octanol–water partition coefficient (Wildman–Crippen LogP) is 5.96. The maximum atomic E-state index is 12.3. The molecule has 1 aromatic rings. The predicted molar refractivity (Wildman–Crippen MR) is 158 cm³/mol. The van der Waals surface area contributed by atoms with Crippen LogP contribution in [0.4, 0.5) is 0 Å². The van der Waals surface area contributed by atoms with Crippen LogP contribution in [0.5, 0.6) is 11.5 Å². The Morgan fingerprint density at radius 1 is 1.27 bits per heavy atom. The lowest BCUT2D eigenvalue weighted by Gasteiger charge is -2.45. The Bertz CT molecular complexity index is 965. The zero-order valence-electron chi connectivity index (χ0n) is 21.8. The number of alkyl halides is 2. The third kappa shape index (κ3) is 7.35. The molecule has 3 unspecified atom stereocenters. The number of rotatable bonds is 11. The van der Waals surface area contributed by atoms with Gasteiger partial charge >= 0.3 is 5.97 Å². The number of aliphatic carboxylic acids is 1. The molecule has 4 rings (SSSR count). The van der Waals surface area contributed by atoms with E-state index in [0.29, 0.717) is 6.79 Å². The van der Waals surface area contributed by atoms with Crippen LogP contribution in [0.2, 0.25) is 0 Å². The molecule has 0 aliphatic carbocycles. The van der Waals surface area contributed by atoms with E-state index in [1.54, 1.807) is 0 Å². The molecule has 1 amide bonds. The smallest absolute Gasteiger partial charge is 0.327 e. The van der Waals surface area contributed by atoms with E-state index in [0.717, 1.165) is 30.1 Å². The van der Waals surface area contributed by atoms with Crippen LogP contribution in [0.15, 0.2) is 18.2 Å². The lowest BCUT2D eigenvalue weighted by Crippen LogP contribution is -2.68. The lowest BCUT2D eigenvalue weighted by molar-refractivity contribution is -0.157. The number of hydrogen-bond acceptors (Lipinski definition) is 6. The van der Waals surface area contributed by atoms with E-state index in [1.807, 2.05) is 54.6 Å². The Kier molecular flexibility index (Phi) is 11.0. The Morgan fingerprint density at radius 2 is 1.92 bits per heavy atom. The van der Waals surface area contributed by atoms with Gasteiger partial charge in [0.25, 0.3) is 5.91 Å². The number of halogens is 2. The summed E-state index contributed by atoms with van der Waals surface area (Å²) in [5.41, 5.74) is 1.17. The molecule has 3 aliphatic heterocycles. The van der Waals surface area contributed by atoms with Crippen LogP contribution >= 0.6 is 46.0 Å². The number of carboxylic acid groups (broad SMARTS) is 1. The first-order valence-electron chi connectivity index (χ1n) is 12.8. The molecule has 5 atom stereocenters. The van der Waals surface area contributed by atoms with Crippen molar-refractivity contribution in [3.63, 3.8) is 0 Å². The molecule has 1 aromatic carbocycles. The summed E-state index contributed by atoms with van der Waals surface area (Å²) >= 11 is 8.62. The number of β-lactam (4-membered cyclic amide) rings is 1. The van der Waals surface area contributed by atoms with Gasteiger partial charge in [0.1, 0.15) is 22.4 Å². The monoisotopic (exact) mass is 685 g/mol. The number of ether oxygens (including phenoxy) is 2. The van der Waals surface area contributed by atoms with Crippen molar-refractivity contribution in [3.05, 3.63) is 23.8 Å². The molecule has 3 heterocycles. The number of carbonyl (C=O) groups is 2. The maximum absolute atomic E-state index is 12.3. The number of thioether (sulfide) groups is 1. The quantitative estimate of drug-likeness (QED) is 0.101. The average molecular weight is 686 g/mol. The number of amides is 1. The Morgan fingerprint density at radius 3 is 2.59 bits per heavy atom. The van der Waals surface area contributed by atoms with Crippen molar-refractivity contribution in [2.24, 2.45) is 0 Å². The second-order valence-corrected chi connectivity index (χ2v) is 16.8. The van der Waals surface area contributed by atoms with Gasteiger partial charge in [-0.1, -0.05) is 61.5 Å². The third-order valence-corrected chi connectivity index (χ3v) is 12.1. The van der Waals surface area contributed by atoms with Crippen LogP contribution in [0, 0.1) is 0 Å². The molecule has 3 aliphatic rings. The first-order chi connectivity index (χ1) is 17.4. The summed E-state index contributed by atoms with van der Waals surface area (Å²) in [6, 6.07) is 5.23. The molecular formula is C26H37ClINO6S2. The summed E-state index contributed by atoms with van der Waals surface area (Å²) in [7, 11) is 0. The van der Waals surface area contributed by atoms with Crippen LogP contribution in [0.1, 0.15) is 71.8 Å². The van der Waals surface area contributed by atoms with Crippen molar-refractivity contribution in [3.8, 4) is 11.5 Å². The molecule has 0 saturated carbocycles. The van der Waals surface area contributed by atoms with Crippen molar-refractivity contribution in [1.29, 1.82) is 0 Å². The molecule has 0 aromatic heterocycles. The van der Waals surface area contributed by atoms with Crippen molar-refractivity contribution in [2.75, 3.05) is 12.5 Å². The molecule has 1 N–H and O–H groups in total. The topological polar surface area (TPSA) is 99.1 Å². The van der Waals surface area contributed by atoms with Gasteiger partial charge in [-0.05, 0) is 73.9 Å². The molecule has 2 fully saturated rings. The average Bonchev–Trinajstić information content (AvgIpc) is 3.41. The summed E-state index contributed by atoms with van der Waals surface area (Å²) in [6.45, 7) is 8.26. The normalized spacial score (nSPS) is 26.6. The zero-order valence-corrected chi connectivity index (χ0v) is 26.4. The number of carboxylic acids is 1. The SMILES string of the molecule is CC1(C)S[C@H]2N(C(=O)C2(Cl)I)[C@H]1C(=O)O.CCCCCCCC[S+]([O-])C(C)Cc1ccc2c(c1)OCO2. The molecule has 37 heavy (non-hydrogen) atoms. The minimum Gasteiger partial charge on any atom is -0.616 e. The first kappa shape index (κ1) is 31.0. The number of hydrogen-bond donors (Lipinski definition) is 1. The fourth-order valence-corrected chi connectivity index (χ4v) is 8.76. The van der Waals surface area contributed by atoms with E-state index >= 15 is 0 Å². The second kappa shape index (κ2) is 13.2. The van der Waals surface area contributed by atoms with Crippen molar-refractivity contribution in [2.45, 2.75) is 96.9 Å². The molecular weight excluding hydrogens is 649 g/mol. The standard InChI is InChI=1S/C18H28O3S.C8H9ClINO3S/c1-3-4-5-6-7-8-11-22(19)15(2)12-16-9-10-17-18(13-16)21-14-20-17;1-7(2)3(4(12)13)11-5(14)8(9,10)6(11)15-7/h9-10,13,15H,3-8,11-12,14H2,1-2H3;3,6H,1-2H3,(H,12,13)/t;3-,6+,8?/m.0/s1. The molecule has 208 valence electrons. The van der Waals surface area contributed by atoms with E-state index in [9.17, 15) is 14.1 Å². The van der Waals surface area contributed by atoms with Gasteiger partial charge in [-0.15, -0.1) is 11.8 Å². The van der Waals surface area contributed by atoms with Crippen LogP contribution in [0.3, 0.4) is 0 Å². The van der Waals surface area contributed by atoms with Gasteiger partial charge in [0.15, 0.2) is 11.5 Å². The van der Waals surface area contributed by atoms with Crippen LogP contribution < -0.4 is 9.47 Å². The Hall–Kier alpha value is -0.560. The number of unbranched alkanes of at least 4 members (excludes halogenated alkanes) is 5. The largest absolute Gasteiger partial charge is 0.616 e. The highest BCUT2D eigenvalue weighted by molar-refractivity contribution is 14.1. The van der Waals surface area contributed by atoms with Gasteiger partial charge < -0.3 is 24.0 Å². The molecule has 0 bridgehead atoms. The van der Waals surface area contributed by atoms with Gasteiger partial charge in [-0.3, -0.25) is 4.79 Å². The number of nitrogens with zero attached hydrogens (tertiary/aromatic N) is 1. The number of carbonyl (C=O) groups excluding carboxylic acids is 1. The maximum Gasteiger partial charge on any atom is 0.327 e. The van der Waals surface area contributed by atoms with Gasteiger partial charge in [0.05, 0.1) is 0 Å². The Balaban J connectivity index is 0.000000220. The summed E-state index contributed by atoms with van der Waals surface area (Å²) in [5, 5.41) is 9.06. The lowest BCUT2D eigenvalue weighted by atomic mass is 9.98. The van der Waals surface area contributed by atoms with Crippen LogP contribution in [0.25, 0.3) is 0 Å². The van der Waals surface area contributed by atoms with Crippen molar-refractivity contribution >= 4 is 69.0 Å². The summed E-state index contributed by atoms with van der Waals surface area (Å²) < 4.78 is 21.6. The van der Waals surface area contributed by atoms with E-state index in [4.69, 9.17) is 26.2 Å².